The van der Waals surface area contributed by atoms with Crippen LogP contribution in [0.3, 0.4) is 0 Å². The van der Waals surface area contributed by atoms with Crippen LogP contribution >= 0.6 is 0 Å². The topological polar surface area (TPSA) is 40.5 Å². The van der Waals surface area contributed by atoms with Crippen LogP contribution in [0.5, 0.6) is 0 Å². The predicted octanol–water partition coefficient (Wildman–Crippen LogP) is 0.977. The van der Waals surface area contributed by atoms with Gasteiger partial charge in [-0.2, -0.15) is 0 Å². The molecule has 2 radical (unpaired) electrons. The number of rotatable bonds is 0. The van der Waals surface area contributed by atoms with Gasteiger partial charge in [-0.1, -0.05) is 0 Å². The maximum atomic E-state index is 8.06. The van der Waals surface area contributed by atoms with Gasteiger partial charge in [-0.15, -0.1) is 5.79 Å². The van der Waals surface area contributed by atoms with Crippen molar-refractivity contribution in [2.45, 2.75) is 45.7 Å². The van der Waals surface area contributed by atoms with Gasteiger partial charge in [0.05, 0.1) is 0 Å². The first-order valence-electron chi connectivity index (χ1n) is 3.40. The van der Waals surface area contributed by atoms with Crippen molar-refractivity contribution < 1.29 is 10.2 Å². The predicted molar refractivity (Wildman–Crippen MR) is 46.3 cm³/mol. The van der Waals surface area contributed by atoms with E-state index in [-0.39, 0.29) is 12.2 Å². The molecule has 0 saturated carbocycles. The molecule has 62 valence electrons. The van der Waals surface area contributed by atoms with Gasteiger partial charge in [-0.05, 0) is 27.7 Å². The second-order valence-corrected chi connectivity index (χ2v) is 2.19. The summed E-state index contributed by atoms with van der Waals surface area (Å²) in [5.41, 5.74) is 0. The third-order valence-electron chi connectivity index (χ3n) is 0. The molecule has 0 aromatic heterocycles. The molecule has 0 spiro atoms. The van der Waals surface area contributed by atoms with E-state index in [1.54, 1.807) is 27.7 Å². The van der Waals surface area contributed by atoms with Crippen LogP contribution in [-0.2, 0) is 0 Å². The zero-order chi connectivity index (χ0) is 9.15. The third-order valence-corrected chi connectivity index (χ3v) is 0. The summed E-state index contributed by atoms with van der Waals surface area (Å²) in [6.45, 7) is 6.89. The number of aliphatic hydroxyl groups is 2. The van der Waals surface area contributed by atoms with E-state index in [4.69, 9.17) is 10.2 Å². The van der Waals surface area contributed by atoms with Gasteiger partial charge in [0.1, 0.15) is 16.3 Å². The molecule has 3 heteroatoms. The van der Waals surface area contributed by atoms with Gasteiger partial charge in [0.2, 0.25) is 0 Å². The Morgan fingerprint density at radius 2 is 0.800 bits per heavy atom. The van der Waals surface area contributed by atoms with E-state index in [0.29, 0.717) is 0 Å². The molecule has 0 fully saturated rings. The van der Waals surface area contributed by atoms with Crippen LogP contribution in [0.15, 0.2) is 0 Å². The van der Waals surface area contributed by atoms with Gasteiger partial charge in [0.15, 0.2) is 0 Å². The van der Waals surface area contributed by atoms with Gasteiger partial charge in [-0.3, -0.25) is 0 Å². The lowest BCUT2D eigenvalue weighted by molar-refractivity contribution is 0.215. The van der Waals surface area contributed by atoms with Gasteiger partial charge in [0, 0.05) is 12.2 Å². The molecule has 0 bridgehead atoms. The number of hydrogen-bond donors (Lipinski definition) is 2. The Kier molecular flexibility index (Phi) is 27.3. The maximum absolute atomic E-state index is 8.06. The maximum Gasteiger partial charge on any atom is 0.112 e. The Hall–Kier alpha value is 0.452. The van der Waals surface area contributed by atoms with E-state index in [1.165, 1.54) is 0 Å². The highest BCUT2D eigenvalue weighted by atomic mass is 27.0. The van der Waals surface area contributed by atoms with Gasteiger partial charge >= 0.3 is 0 Å². The molecule has 0 aliphatic carbocycles. The van der Waals surface area contributed by atoms with Crippen molar-refractivity contribution in [2.75, 3.05) is 0 Å². The van der Waals surface area contributed by atoms with E-state index >= 15 is 0 Å². The molecule has 0 amide bonds. The molecular formula is C7H19AlO2. The lowest BCUT2D eigenvalue weighted by atomic mass is 10.5. The van der Waals surface area contributed by atoms with Gasteiger partial charge in [-0.25, -0.2) is 0 Å². The zero-order valence-electron chi connectivity index (χ0n) is 7.63. The minimum atomic E-state index is -0.167. The van der Waals surface area contributed by atoms with E-state index in [2.05, 4.69) is 16.3 Å². The number of hydrogen-bond acceptors (Lipinski definition) is 2. The second-order valence-electron chi connectivity index (χ2n) is 2.19. The van der Waals surface area contributed by atoms with Crippen molar-refractivity contribution in [3.05, 3.63) is 0 Å². The van der Waals surface area contributed by atoms with E-state index in [9.17, 15) is 0 Å². The highest BCUT2D eigenvalue weighted by Crippen LogP contribution is 1.65. The highest BCUT2D eigenvalue weighted by molar-refractivity contribution is 6.05. The summed E-state index contributed by atoms with van der Waals surface area (Å²) in [5.74, 6) is 1.92. The fraction of sp³-hybridized carbons (Fsp3) is 1.00. The first-order valence-corrected chi connectivity index (χ1v) is 4.56. The monoisotopic (exact) mass is 162 g/mol. The summed E-state index contributed by atoms with van der Waals surface area (Å²) in [4.78, 5) is 0. The van der Waals surface area contributed by atoms with Crippen LogP contribution in [0.2, 0.25) is 5.79 Å². The lowest BCUT2D eigenvalue weighted by Crippen LogP contribution is -1.85. The highest BCUT2D eigenvalue weighted by Gasteiger charge is 1.69. The molecule has 0 saturated heterocycles. The third kappa shape index (κ3) is 2290. The first-order chi connectivity index (χ1) is 4.46. The van der Waals surface area contributed by atoms with Gasteiger partial charge in [0.25, 0.3) is 0 Å². The molecule has 0 aromatic carbocycles. The fourth-order valence-electron chi connectivity index (χ4n) is 0. The van der Waals surface area contributed by atoms with E-state index in [1.807, 2.05) is 5.79 Å². The van der Waals surface area contributed by atoms with E-state index < -0.39 is 0 Å². The Labute approximate surface area is 72.7 Å². The summed E-state index contributed by atoms with van der Waals surface area (Å²) < 4.78 is 0. The Morgan fingerprint density at radius 3 is 0.800 bits per heavy atom. The fourth-order valence-corrected chi connectivity index (χ4v) is 0. The van der Waals surface area contributed by atoms with Crippen LogP contribution in [0.4, 0.5) is 0 Å². The Morgan fingerprint density at radius 1 is 0.800 bits per heavy atom. The minimum absolute atomic E-state index is 0.167. The standard InChI is InChI=1S/2C3H8O.CH3.Al/c2*1-3(2)4;;/h2*3-4H,1-2H3;1H3;. The molecule has 0 aliphatic rings. The van der Waals surface area contributed by atoms with Crippen LogP contribution in [0, 0.1) is 0 Å². The molecule has 0 aliphatic heterocycles. The van der Waals surface area contributed by atoms with Crippen molar-refractivity contribution >= 4 is 16.3 Å². The summed E-state index contributed by atoms with van der Waals surface area (Å²) in [7, 11) is 0. The SMILES string of the molecule is CC(C)O.CC(C)O.[CH3][Al]. The van der Waals surface area contributed by atoms with Crippen LogP contribution < -0.4 is 0 Å². The smallest absolute Gasteiger partial charge is 0.112 e. The van der Waals surface area contributed by atoms with Crippen molar-refractivity contribution in [1.29, 1.82) is 0 Å². The van der Waals surface area contributed by atoms with Crippen molar-refractivity contribution in [1.82, 2.24) is 0 Å². The lowest BCUT2D eigenvalue weighted by Gasteiger charge is -1.80. The summed E-state index contributed by atoms with van der Waals surface area (Å²) >= 11 is 2.42. The quantitative estimate of drug-likeness (QED) is 0.521. The Balaban J connectivity index is -0.0000000787. The molecule has 0 rings (SSSR count). The van der Waals surface area contributed by atoms with Gasteiger partial charge < -0.3 is 10.2 Å². The summed E-state index contributed by atoms with van der Waals surface area (Å²) in [5, 5.41) is 16.1. The van der Waals surface area contributed by atoms with Crippen LogP contribution in [0.25, 0.3) is 0 Å². The normalized spacial score (nSPS) is 7.70. The van der Waals surface area contributed by atoms with Crippen molar-refractivity contribution in [2.24, 2.45) is 0 Å². The second kappa shape index (κ2) is 16.2. The minimum Gasteiger partial charge on any atom is -0.394 e. The zero-order valence-corrected chi connectivity index (χ0v) is 8.78. The van der Waals surface area contributed by atoms with E-state index in [0.717, 1.165) is 0 Å². The molecule has 0 aromatic rings. The van der Waals surface area contributed by atoms with Crippen molar-refractivity contribution in [3.8, 4) is 0 Å². The first kappa shape index (κ1) is 16.8. The number of aliphatic hydroxyl groups excluding tert-OH is 2. The van der Waals surface area contributed by atoms with Crippen LogP contribution in [0.1, 0.15) is 27.7 Å². The van der Waals surface area contributed by atoms with Crippen molar-refractivity contribution in [3.63, 3.8) is 0 Å². The average molecular weight is 162 g/mol. The summed E-state index contributed by atoms with van der Waals surface area (Å²) in [6, 6.07) is 0. The molecule has 0 atom stereocenters. The molecule has 10 heavy (non-hydrogen) atoms. The molecule has 0 unspecified atom stereocenters. The Bertz CT molecular complexity index is 27.1. The molecular weight excluding hydrogens is 143 g/mol. The van der Waals surface area contributed by atoms with Crippen LogP contribution in [-0.4, -0.2) is 38.7 Å². The molecule has 2 nitrogen and oxygen atoms in total. The largest absolute Gasteiger partial charge is 0.394 e. The molecule has 0 heterocycles. The summed E-state index contributed by atoms with van der Waals surface area (Å²) in [6.07, 6.45) is -0.333. The average Bonchev–Trinajstić information content (AvgIpc) is 1.66. The molecule has 2 N–H and O–H groups in total.